The molecule has 0 aromatic rings. The van der Waals surface area contributed by atoms with Gasteiger partial charge in [-0.15, -0.1) is 0 Å². The van der Waals surface area contributed by atoms with Crippen molar-refractivity contribution in [1.82, 2.24) is 12.3 Å². The molecular weight excluding hydrogens is 276 g/mol. The predicted molar refractivity (Wildman–Crippen MR) is 25.5 cm³/mol. The van der Waals surface area contributed by atoms with Gasteiger partial charge in [0.25, 0.3) is 0 Å². The molecule has 0 saturated heterocycles. The summed E-state index contributed by atoms with van der Waals surface area (Å²) in [5.41, 5.74) is 0. The Bertz CT molecular complexity index is 241. The minimum absolute atomic E-state index is 0. The third-order valence-electron chi connectivity index (χ3n) is 0.172. The van der Waals surface area contributed by atoms with Crippen LogP contribution in [0.5, 0.6) is 0 Å². The van der Waals surface area contributed by atoms with Crippen LogP contribution in [0.2, 0.25) is 0 Å². The zero-order chi connectivity index (χ0) is 7.71. The van der Waals surface area contributed by atoms with E-state index in [0.29, 0.717) is 0 Å². The second-order valence-electron chi connectivity index (χ2n) is 0.924. The van der Waals surface area contributed by atoms with E-state index in [9.17, 15) is 15.2 Å². The maximum atomic E-state index is 9.53. The SMILES string of the molecule is N.N.O.O.[O]=[Cr](=[O])([OH])[O][Cr](=[O])(=[O])[OH]. The van der Waals surface area contributed by atoms with Crippen LogP contribution in [-0.4, -0.2) is 19.3 Å². The zero-order valence-corrected chi connectivity index (χ0v) is 8.72. The maximum absolute atomic E-state index is 9.53. The van der Waals surface area contributed by atoms with E-state index in [1.807, 2.05) is 0 Å². The third-order valence-corrected chi connectivity index (χ3v) is 2.92. The van der Waals surface area contributed by atoms with E-state index in [-0.39, 0.29) is 23.3 Å². The fraction of sp³-hybridized carbons (Fsp3) is 0. The standard InChI is InChI=1S/2Cr.2H3N.4H2O.5O/h;;2*1H3;4*1H2;;;;;/q2*+1;;;;;;;;;;;/p-2. The van der Waals surface area contributed by atoms with Crippen LogP contribution in [0.4, 0.5) is 0 Å². The molecule has 0 aliphatic heterocycles. The molecule has 0 rings (SSSR count). The number of rotatable bonds is 2. The molecule has 13 heteroatoms. The normalized spacial score (nSPS) is 9.38. The average molecular weight is 288 g/mol. The van der Waals surface area contributed by atoms with Crippen LogP contribution in [0.25, 0.3) is 0 Å². The first-order chi connectivity index (χ1) is 3.71. The molecule has 0 aliphatic carbocycles. The quantitative estimate of drug-likeness (QED) is 0.403. The van der Waals surface area contributed by atoms with Gasteiger partial charge in [0.2, 0.25) is 0 Å². The third kappa shape index (κ3) is 33.4. The van der Waals surface area contributed by atoms with Gasteiger partial charge in [0.05, 0.1) is 0 Å². The monoisotopic (exact) mass is 288 g/mol. The van der Waals surface area contributed by atoms with E-state index < -0.39 is 27.2 Å². The molecule has 0 aromatic heterocycles. The summed E-state index contributed by atoms with van der Waals surface area (Å²) < 4.78 is 56.3. The Hall–Kier alpha value is -0.0151. The predicted octanol–water partition coefficient (Wildman–Crippen LogP) is -2.99. The molecule has 0 saturated carbocycles. The summed E-state index contributed by atoms with van der Waals surface area (Å²) >= 11 is -11.5. The van der Waals surface area contributed by atoms with Crippen molar-refractivity contribution in [2.24, 2.45) is 0 Å². The molecule has 12 N–H and O–H groups in total. The topological polar surface area (TPSA) is 251 Å². The summed E-state index contributed by atoms with van der Waals surface area (Å²) in [5.74, 6) is 0. The van der Waals surface area contributed by atoms with Crippen LogP contribution < -0.4 is 12.3 Å². The van der Waals surface area contributed by atoms with Gasteiger partial charge < -0.3 is 23.3 Å². The minimum atomic E-state index is -5.76. The van der Waals surface area contributed by atoms with E-state index in [0.717, 1.165) is 0 Å². The van der Waals surface area contributed by atoms with E-state index in [1.54, 1.807) is 0 Å². The van der Waals surface area contributed by atoms with E-state index >= 15 is 0 Å². The summed E-state index contributed by atoms with van der Waals surface area (Å²) in [6, 6.07) is 0. The molecule has 13 heavy (non-hydrogen) atoms. The van der Waals surface area contributed by atoms with Crippen LogP contribution in [-0.2, 0) is 45.3 Å². The van der Waals surface area contributed by atoms with Crippen molar-refractivity contribution in [3.05, 3.63) is 0 Å². The molecule has 0 bridgehead atoms. The summed E-state index contributed by atoms with van der Waals surface area (Å²) in [6.07, 6.45) is 0. The molecule has 0 spiro atoms. The number of hydrogen-bond acceptors (Lipinski definition) is 7. The van der Waals surface area contributed by atoms with Crippen LogP contribution in [0.15, 0.2) is 0 Å². The summed E-state index contributed by atoms with van der Waals surface area (Å²) in [7, 11) is 0. The second-order valence-corrected chi connectivity index (χ2v) is 4.68. The molecule has 0 amide bonds. The Kier molecular flexibility index (Phi) is 19.3. The summed E-state index contributed by atoms with van der Waals surface area (Å²) in [5, 5.41) is 0. The van der Waals surface area contributed by atoms with Crippen molar-refractivity contribution in [1.29, 1.82) is 0 Å². The van der Waals surface area contributed by atoms with Gasteiger partial charge in [0.1, 0.15) is 0 Å². The first-order valence-corrected chi connectivity index (χ1v) is 5.63. The Morgan fingerprint density at radius 1 is 0.769 bits per heavy atom. The van der Waals surface area contributed by atoms with Crippen LogP contribution in [0, 0.1) is 0 Å². The molecule has 11 nitrogen and oxygen atoms in total. The first kappa shape index (κ1) is 29.3. The van der Waals surface area contributed by atoms with Gasteiger partial charge in [-0.3, -0.25) is 0 Å². The molecule has 0 heterocycles. The van der Waals surface area contributed by atoms with Gasteiger partial charge in [-0.2, -0.15) is 0 Å². The van der Waals surface area contributed by atoms with Gasteiger partial charge >= 0.3 is 53.6 Å². The van der Waals surface area contributed by atoms with Crippen molar-refractivity contribution < 1.29 is 64.5 Å². The Morgan fingerprint density at radius 3 is 0.923 bits per heavy atom. The number of hydrogen-bond donors (Lipinski definition) is 4. The van der Waals surface area contributed by atoms with Gasteiger partial charge in [0.15, 0.2) is 0 Å². The van der Waals surface area contributed by atoms with Gasteiger partial charge in [-0.05, 0) is 0 Å². The molecule has 0 radical (unpaired) electrons. The van der Waals surface area contributed by atoms with E-state index in [1.165, 1.54) is 0 Å². The Labute approximate surface area is 77.3 Å². The van der Waals surface area contributed by atoms with Crippen LogP contribution >= 0.6 is 0 Å². The van der Waals surface area contributed by atoms with Crippen LogP contribution in [0.3, 0.4) is 0 Å². The molecule has 0 unspecified atom stereocenters. The zero-order valence-electron chi connectivity index (χ0n) is 6.17. The van der Waals surface area contributed by atoms with Gasteiger partial charge in [-0.25, -0.2) is 0 Å². The Balaban J connectivity index is -0.0000000533. The van der Waals surface area contributed by atoms with Crippen molar-refractivity contribution in [2.75, 3.05) is 0 Å². The van der Waals surface area contributed by atoms with E-state index in [4.69, 9.17) is 8.32 Å². The van der Waals surface area contributed by atoms with Crippen molar-refractivity contribution in [2.45, 2.75) is 0 Å². The summed E-state index contributed by atoms with van der Waals surface area (Å²) in [6.45, 7) is 0. The van der Waals surface area contributed by atoms with Gasteiger partial charge in [0, 0.05) is 0 Å². The molecule has 0 atom stereocenters. The fourth-order valence-corrected chi connectivity index (χ4v) is 1.85. The van der Waals surface area contributed by atoms with Crippen molar-refractivity contribution in [3.63, 3.8) is 0 Å². The van der Waals surface area contributed by atoms with Crippen LogP contribution in [0.1, 0.15) is 0 Å². The molecule has 88 valence electrons. The average Bonchev–Trinajstić information content (AvgIpc) is 1.14. The first-order valence-electron chi connectivity index (χ1n) is 1.37. The van der Waals surface area contributed by atoms with Gasteiger partial charge in [-0.1, -0.05) is 0 Å². The molecule has 0 aliphatic rings. The van der Waals surface area contributed by atoms with Crippen molar-refractivity contribution >= 4 is 0 Å². The molecular formula is H12Cr2N2O9. The molecule has 0 fully saturated rings. The Morgan fingerprint density at radius 2 is 0.923 bits per heavy atom. The molecule has 0 aromatic carbocycles. The second kappa shape index (κ2) is 8.58. The summed E-state index contributed by atoms with van der Waals surface area (Å²) in [4.78, 5) is 0. The van der Waals surface area contributed by atoms with E-state index in [2.05, 4.69) is 2.84 Å². The van der Waals surface area contributed by atoms with Crippen molar-refractivity contribution in [3.8, 4) is 0 Å². The fourth-order valence-electron chi connectivity index (χ4n) is 0.109.